The van der Waals surface area contributed by atoms with E-state index in [1.807, 2.05) is 0 Å². The van der Waals surface area contributed by atoms with Crippen molar-refractivity contribution in [1.29, 1.82) is 0 Å². The predicted molar refractivity (Wildman–Crippen MR) is 93.5 cm³/mol. The molecule has 1 saturated heterocycles. The molecule has 10 heteroatoms. The Morgan fingerprint density at radius 1 is 1.11 bits per heavy atom. The molecule has 0 spiro atoms. The molecule has 0 aliphatic carbocycles. The van der Waals surface area contributed by atoms with Crippen LogP contribution in [0.1, 0.15) is 20.3 Å². The van der Waals surface area contributed by atoms with Crippen LogP contribution >= 0.6 is 0 Å². The standard InChI is InChI=1S/C17H18N6O4/c1-10(2)22-14(24)9-12(17(22)27)20-15(25)16(26)21-13-5-8-19-23(13)11-3-6-18-7-4-11/h3-8,10,12H,9H2,1-2H3,(H,20,25)(H,21,26)/t12-/m1/s1. The van der Waals surface area contributed by atoms with Crippen LogP contribution in [0.5, 0.6) is 0 Å². The van der Waals surface area contributed by atoms with Gasteiger partial charge in [-0.25, -0.2) is 4.68 Å². The largest absolute Gasteiger partial charge is 0.335 e. The van der Waals surface area contributed by atoms with Crippen LogP contribution in [0.2, 0.25) is 0 Å². The molecule has 0 bridgehead atoms. The molecule has 10 nitrogen and oxygen atoms in total. The zero-order valence-corrected chi connectivity index (χ0v) is 14.7. The Balaban J connectivity index is 1.66. The molecule has 0 saturated carbocycles. The quantitative estimate of drug-likeness (QED) is 0.570. The Morgan fingerprint density at radius 2 is 1.81 bits per heavy atom. The third-order valence-electron chi connectivity index (χ3n) is 4.00. The van der Waals surface area contributed by atoms with Gasteiger partial charge in [0.25, 0.3) is 5.91 Å². The molecule has 1 atom stereocenters. The Kier molecular flexibility index (Phi) is 4.97. The van der Waals surface area contributed by atoms with E-state index in [0.29, 0.717) is 5.69 Å². The summed E-state index contributed by atoms with van der Waals surface area (Å²) in [5.74, 6) is -2.59. The van der Waals surface area contributed by atoms with Crippen LogP contribution in [0, 0.1) is 0 Å². The van der Waals surface area contributed by atoms with Gasteiger partial charge in [0.15, 0.2) is 0 Å². The molecule has 27 heavy (non-hydrogen) atoms. The third-order valence-corrected chi connectivity index (χ3v) is 4.00. The van der Waals surface area contributed by atoms with Crippen molar-refractivity contribution in [3.05, 3.63) is 36.8 Å². The number of rotatable bonds is 4. The van der Waals surface area contributed by atoms with Crippen LogP contribution in [-0.4, -0.2) is 55.4 Å². The zero-order chi connectivity index (χ0) is 19.6. The fourth-order valence-electron chi connectivity index (χ4n) is 2.79. The normalized spacial score (nSPS) is 16.7. The van der Waals surface area contributed by atoms with E-state index in [4.69, 9.17) is 0 Å². The van der Waals surface area contributed by atoms with Crippen molar-refractivity contribution in [2.45, 2.75) is 32.4 Å². The molecule has 3 rings (SSSR count). The Hall–Kier alpha value is -3.56. The highest BCUT2D eigenvalue weighted by Crippen LogP contribution is 2.17. The number of hydrogen-bond acceptors (Lipinski definition) is 6. The summed E-state index contributed by atoms with van der Waals surface area (Å²) in [5.41, 5.74) is 0.648. The van der Waals surface area contributed by atoms with Crippen molar-refractivity contribution in [2.24, 2.45) is 0 Å². The minimum atomic E-state index is -1.04. The monoisotopic (exact) mass is 370 g/mol. The summed E-state index contributed by atoms with van der Waals surface area (Å²) in [7, 11) is 0. The predicted octanol–water partition coefficient (Wildman–Crippen LogP) is -0.142. The van der Waals surface area contributed by atoms with Crippen LogP contribution in [-0.2, 0) is 19.2 Å². The number of aromatic nitrogens is 3. The second-order valence-corrected chi connectivity index (χ2v) is 6.21. The lowest BCUT2D eigenvalue weighted by molar-refractivity contribution is -0.142. The average Bonchev–Trinajstić information content (AvgIpc) is 3.20. The van der Waals surface area contributed by atoms with Crippen LogP contribution in [0.4, 0.5) is 5.82 Å². The van der Waals surface area contributed by atoms with Crippen molar-refractivity contribution in [2.75, 3.05) is 5.32 Å². The fraction of sp³-hybridized carbons (Fsp3) is 0.294. The van der Waals surface area contributed by atoms with Crippen LogP contribution in [0.15, 0.2) is 36.8 Å². The van der Waals surface area contributed by atoms with Crippen molar-refractivity contribution in [3.8, 4) is 5.69 Å². The second kappa shape index (κ2) is 7.36. The summed E-state index contributed by atoms with van der Waals surface area (Å²) in [6, 6.07) is 3.55. The van der Waals surface area contributed by atoms with Crippen LogP contribution in [0.25, 0.3) is 5.69 Å². The van der Waals surface area contributed by atoms with Gasteiger partial charge in [-0.15, -0.1) is 0 Å². The lowest BCUT2D eigenvalue weighted by Gasteiger charge is -2.19. The van der Waals surface area contributed by atoms with Crippen LogP contribution in [0.3, 0.4) is 0 Å². The highest BCUT2D eigenvalue weighted by atomic mass is 16.2. The summed E-state index contributed by atoms with van der Waals surface area (Å²) in [5, 5.41) is 8.85. The first-order valence-corrected chi connectivity index (χ1v) is 8.30. The van der Waals surface area contributed by atoms with Crippen molar-refractivity contribution < 1.29 is 19.2 Å². The van der Waals surface area contributed by atoms with E-state index >= 15 is 0 Å². The first-order chi connectivity index (χ1) is 12.9. The first-order valence-electron chi connectivity index (χ1n) is 8.30. The first kappa shape index (κ1) is 18.2. The van der Waals surface area contributed by atoms with E-state index < -0.39 is 23.8 Å². The van der Waals surface area contributed by atoms with Gasteiger partial charge in [0.2, 0.25) is 5.91 Å². The number of anilines is 1. The van der Waals surface area contributed by atoms with Gasteiger partial charge in [-0.1, -0.05) is 0 Å². The number of likely N-dealkylation sites (tertiary alicyclic amines) is 1. The summed E-state index contributed by atoms with van der Waals surface area (Å²) in [6.07, 6.45) is 4.44. The third kappa shape index (κ3) is 3.68. The number of nitrogens with one attached hydrogen (secondary N) is 2. The van der Waals surface area contributed by atoms with E-state index in [9.17, 15) is 19.2 Å². The van der Waals surface area contributed by atoms with Crippen molar-refractivity contribution >= 4 is 29.4 Å². The van der Waals surface area contributed by atoms with Gasteiger partial charge in [0, 0.05) is 24.5 Å². The summed E-state index contributed by atoms with van der Waals surface area (Å²) in [4.78, 5) is 53.4. The molecule has 1 aliphatic rings. The second-order valence-electron chi connectivity index (χ2n) is 6.21. The lowest BCUT2D eigenvalue weighted by Crippen LogP contribution is -2.47. The number of imide groups is 1. The Bertz CT molecular complexity index is 892. The van der Waals surface area contributed by atoms with Gasteiger partial charge >= 0.3 is 11.8 Å². The SMILES string of the molecule is CC(C)N1C(=O)C[C@@H](NC(=O)C(=O)Nc2ccnn2-c2ccncc2)C1=O. The maximum absolute atomic E-state index is 12.2. The summed E-state index contributed by atoms with van der Waals surface area (Å²) in [6.45, 7) is 3.40. The highest BCUT2D eigenvalue weighted by molar-refractivity contribution is 6.40. The topological polar surface area (TPSA) is 126 Å². The molecular weight excluding hydrogens is 352 g/mol. The van der Waals surface area contributed by atoms with E-state index in [2.05, 4.69) is 20.7 Å². The fourth-order valence-corrected chi connectivity index (χ4v) is 2.79. The molecule has 140 valence electrons. The Morgan fingerprint density at radius 3 is 2.44 bits per heavy atom. The van der Waals surface area contributed by atoms with Gasteiger partial charge in [0.1, 0.15) is 11.9 Å². The molecule has 3 heterocycles. The molecule has 0 aromatic carbocycles. The van der Waals surface area contributed by atoms with Gasteiger partial charge < -0.3 is 10.6 Å². The van der Waals surface area contributed by atoms with Gasteiger partial charge in [-0.2, -0.15) is 5.10 Å². The van der Waals surface area contributed by atoms with E-state index in [-0.39, 0.29) is 24.2 Å². The van der Waals surface area contributed by atoms with Crippen LogP contribution < -0.4 is 10.6 Å². The number of pyridine rings is 1. The number of hydrogen-bond donors (Lipinski definition) is 2. The van der Waals surface area contributed by atoms with E-state index in [1.165, 1.54) is 16.9 Å². The minimum Gasteiger partial charge on any atom is -0.335 e. The maximum atomic E-state index is 12.2. The Labute approximate surface area is 154 Å². The van der Waals surface area contributed by atoms with Crippen molar-refractivity contribution in [1.82, 2.24) is 25.0 Å². The molecular formula is C17H18N6O4. The molecule has 1 fully saturated rings. The average molecular weight is 370 g/mol. The van der Waals surface area contributed by atoms with Crippen molar-refractivity contribution in [3.63, 3.8) is 0 Å². The highest BCUT2D eigenvalue weighted by Gasteiger charge is 2.41. The van der Waals surface area contributed by atoms with E-state index in [0.717, 1.165) is 4.90 Å². The number of carbonyl (C=O) groups excluding carboxylic acids is 4. The number of nitrogens with zero attached hydrogens (tertiary/aromatic N) is 4. The molecule has 2 N–H and O–H groups in total. The smallest absolute Gasteiger partial charge is 0.314 e. The van der Waals surface area contributed by atoms with Gasteiger partial charge in [-0.3, -0.25) is 29.1 Å². The molecule has 2 aromatic heterocycles. The number of carbonyl (C=O) groups is 4. The molecule has 0 unspecified atom stereocenters. The van der Waals surface area contributed by atoms with E-state index in [1.54, 1.807) is 38.4 Å². The van der Waals surface area contributed by atoms with Gasteiger partial charge in [0.05, 0.1) is 18.3 Å². The molecule has 4 amide bonds. The molecule has 2 aromatic rings. The molecule has 1 aliphatic heterocycles. The summed E-state index contributed by atoms with van der Waals surface area (Å²) >= 11 is 0. The summed E-state index contributed by atoms with van der Waals surface area (Å²) < 4.78 is 1.43. The zero-order valence-electron chi connectivity index (χ0n) is 14.7. The number of amides is 4. The molecule has 0 radical (unpaired) electrons. The lowest BCUT2D eigenvalue weighted by atomic mass is 10.2. The maximum Gasteiger partial charge on any atom is 0.314 e. The minimum absolute atomic E-state index is 0.162. The van der Waals surface area contributed by atoms with Gasteiger partial charge in [-0.05, 0) is 26.0 Å².